The van der Waals surface area contributed by atoms with Crippen LogP contribution in [0.15, 0.2) is 53.1 Å². The van der Waals surface area contributed by atoms with Gasteiger partial charge >= 0.3 is 0 Å². The van der Waals surface area contributed by atoms with Crippen LogP contribution in [0.4, 0.5) is 10.1 Å². The Labute approximate surface area is 138 Å². The van der Waals surface area contributed by atoms with E-state index >= 15 is 0 Å². The lowest BCUT2D eigenvalue weighted by Gasteiger charge is -2.07. The zero-order chi connectivity index (χ0) is 17.1. The van der Waals surface area contributed by atoms with Gasteiger partial charge in [-0.3, -0.25) is 4.79 Å². The monoisotopic (exact) mass is 325 g/mol. The number of carbonyl (C=O) groups excluding carboxylic acids is 1. The molecule has 3 N–H and O–H groups in total. The summed E-state index contributed by atoms with van der Waals surface area (Å²) in [7, 11) is 0. The first-order chi connectivity index (χ1) is 11.5. The van der Waals surface area contributed by atoms with E-state index in [-0.39, 0.29) is 5.82 Å². The second-order valence-electron chi connectivity index (χ2n) is 5.38. The molecule has 0 saturated heterocycles. The van der Waals surface area contributed by atoms with Crippen molar-refractivity contribution in [2.75, 3.05) is 5.32 Å². The smallest absolute Gasteiger partial charge is 0.248 e. The highest BCUT2D eigenvalue weighted by molar-refractivity contribution is 5.94. The van der Waals surface area contributed by atoms with Crippen molar-refractivity contribution in [2.45, 2.75) is 13.5 Å². The lowest BCUT2D eigenvalue weighted by atomic mass is 10.1. The third kappa shape index (κ3) is 3.43. The Balaban J connectivity index is 1.70. The fourth-order valence-corrected chi connectivity index (χ4v) is 2.39. The number of primary amides is 1. The van der Waals surface area contributed by atoms with Crippen LogP contribution in [0.5, 0.6) is 0 Å². The Hall–Kier alpha value is -3.15. The average molecular weight is 325 g/mol. The molecule has 1 amide bonds. The Kier molecular flexibility index (Phi) is 4.29. The minimum Gasteiger partial charge on any atom is -0.439 e. The van der Waals surface area contributed by atoms with Gasteiger partial charge in [0.05, 0.1) is 12.7 Å². The summed E-state index contributed by atoms with van der Waals surface area (Å²) < 4.78 is 18.9. The van der Waals surface area contributed by atoms with Crippen LogP contribution < -0.4 is 11.1 Å². The number of anilines is 1. The highest BCUT2D eigenvalue weighted by Crippen LogP contribution is 2.22. The maximum atomic E-state index is 13.2. The van der Waals surface area contributed by atoms with Crippen molar-refractivity contribution >= 4 is 11.6 Å². The molecular weight excluding hydrogens is 309 g/mol. The number of hydrogen-bond acceptors (Lipinski definition) is 4. The van der Waals surface area contributed by atoms with Crippen LogP contribution >= 0.6 is 0 Å². The van der Waals surface area contributed by atoms with Gasteiger partial charge in [-0.15, -0.1) is 0 Å². The summed E-state index contributed by atoms with van der Waals surface area (Å²) in [6.45, 7) is 2.18. The first-order valence-electron chi connectivity index (χ1n) is 7.38. The number of oxazole rings is 1. The van der Waals surface area contributed by atoms with Gasteiger partial charge in [0.1, 0.15) is 5.82 Å². The molecule has 0 aliphatic carbocycles. The summed E-state index contributed by atoms with van der Waals surface area (Å²) >= 11 is 0. The van der Waals surface area contributed by atoms with Crippen LogP contribution in [0.3, 0.4) is 0 Å². The first-order valence-corrected chi connectivity index (χ1v) is 7.38. The van der Waals surface area contributed by atoms with E-state index in [4.69, 9.17) is 10.2 Å². The fraction of sp³-hybridized carbons (Fsp3) is 0.111. The molecule has 0 fully saturated rings. The third-order valence-corrected chi connectivity index (χ3v) is 3.60. The van der Waals surface area contributed by atoms with Crippen LogP contribution in [0.25, 0.3) is 11.3 Å². The number of nitrogens with zero attached hydrogens (tertiary/aromatic N) is 1. The number of amides is 1. The molecule has 2 aromatic carbocycles. The maximum Gasteiger partial charge on any atom is 0.248 e. The van der Waals surface area contributed by atoms with Crippen LogP contribution in [-0.4, -0.2) is 10.9 Å². The molecule has 0 atom stereocenters. The number of nitrogens with two attached hydrogens (primary N) is 1. The summed E-state index contributed by atoms with van der Waals surface area (Å²) in [4.78, 5) is 15.4. The predicted octanol–water partition coefficient (Wildman–Crippen LogP) is 3.50. The van der Waals surface area contributed by atoms with Gasteiger partial charge in [0.15, 0.2) is 5.76 Å². The largest absolute Gasteiger partial charge is 0.439 e. The molecule has 0 spiro atoms. The Morgan fingerprint density at radius 1 is 1.29 bits per heavy atom. The summed E-state index contributed by atoms with van der Waals surface area (Å²) in [5, 5.41) is 3.16. The highest BCUT2D eigenvalue weighted by atomic mass is 19.1. The number of aryl methyl sites for hydroxylation is 1. The fourth-order valence-electron chi connectivity index (χ4n) is 2.39. The van der Waals surface area contributed by atoms with Crippen molar-refractivity contribution < 1.29 is 13.6 Å². The molecule has 5 nitrogen and oxygen atoms in total. The van der Waals surface area contributed by atoms with Crippen molar-refractivity contribution in [3.05, 3.63) is 71.5 Å². The molecule has 1 heterocycles. The number of rotatable bonds is 5. The number of benzene rings is 2. The van der Waals surface area contributed by atoms with E-state index < -0.39 is 5.91 Å². The van der Waals surface area contributed by atoms with E-state index in [1.54, 1.807) is 30.5 Å². The van der Waals surface area contributed by atoms with E-state index in [1.165, 1.54) is 12.1 Å². The average Bonchev–Trinajstić information content (AvgIpc) is 3.01. The number of aromatic nitrogens is 1. The molecule has 0 aliphatic rings. The zero-order valence-electron chi connectivity index (χ0n) is 13.0. The van der Waals surface area contributed by atoms with Crippen molar-refractivity contribution in [3.63, 3.8) is 0 Å². The van der Waals surface area contributed by atoms with E-state index in [0.717, 1.165) is 11.3 Å². The van der Waals surface area contributed by atoms with E-state index in [0.29, 0.717) is 29.3 Å². The van der Waals surface area contributed by atoms with Gasteiger partial charge in [-0.05, 0) is 42.8 Å². The number of halogens is 1. The van der Waals surface area contributed by atoms with Crippen molar-refractivity contribution in [3.8, 4) is 11.3 Å². The molecule has 3 rings (SSSR count). The topological polar surface area (TPSA) is 81.2 Å². The van der Waals surface area contributed by atoms with Crippen molar-refractivity contribution in [2.24, 2.45) is 5.73 Å². The zero-order valence-corrected chi connectivity index (χ0v) is 13.0. The number of carbonyl (C=O) groups is 1. The molecule has 0 aliphatic heterocycles. The lowest BCUT2D eigenvalue weighted by Crippen LogP contribution is -2.12. The van der Waals surface area contributed by atoms with Gasteiger partial charge < -0.3 is 15.5 Å². The molecule has 3 aromatic rings. The van der Waals surface area contributed by atoms with Gasteiger partial charge in [-0.25, -0.2) is 9.37 Å². The number of hydrogen-bond donors (Lipinski definition) is 2. The van der Waals surface area contributed by atoms with Crippen LogP contribution in [0.1, 0.15) is 21.8 Å². The van der Waals surface area contributed by atoms with Crippen molar-refractivity contribution in [1.29, 1.82) is 0 Å². The predicted molar refractivity (Wildman–Crippen MR) is 88.9 cm³/mol. The quantitative estimate of drug-likeness (QED) is 0.752. The van der Waals surface area contributed by atoms with Gasteiger partial charge in [-0.1, -0.05) is 12.1 Å². The van der Waals surface area contributed by atoms with Crippen LogP contribution in [-0.2, 0) is 6.54 Å². The molecule has 24 heavy (non-hydrogen) atoms. The Morgan fingerprint density at radius 3 is 2.83 bits per heavy atom. The summed E-state index contributed by atoms with van der Waals surface area (Å²) in [5.74, 6) is 0.206. The molecule has 0 saturated carbocycles. The lowest BCUT2D eigenvalue weighted by molar-refractivity contribution is 0.0999. The van der Waals surface area contributed by atoms with Crippen LogP contribution in [0, 0.1) is 12.7 Å². The van der Waals surface area contributed by atoms with E-state index in [1.807, 2.05) is 13.0 Å². The van der Waals surface area contributed by atoms with Gasteiger partial charge in [0, 0.05) is 16.8 Å². The molecular formula is C18H16FN3O2. The van der Waals surface area contributed by atoms with Crippen molar-refractivity contribution in [1.82, 2.24) is 4.98 Å². The highest BCUT2D eigenvalue weighted by Gasteiger charge is 2.08. The van der Waals surface area contributed by atoms with E-state index in [2.05, 4.69) is 10.3 Å². The molecule has 0 unspecified atom stereocenters. The first kappa shape index (κ1) is 15.7. The van der Waals surface area contributed by atoms with E-state index in [9.17, 15) is 9.18 Å². The molecule has 6 heteroatoms. The standard InChI is InChI=1S/C18H16FN3O2/c1-11-7-14(5-6-15(11)18(20)23)21-10-17-22-9-16(24-17)12-3-2-4-13(19)8-12/h2-9,21H,10H2,1H3,(H2,20,23). The van der Waals surface area contributed by atoms with Gasteiger partial charge in [0.25, 0.3) is 0 Å². The SMILES string of the molecule is Cc1cc(NCc2ncc(-c3cccc(F)c3)o2)ccc1C(N)=O. The van der Waals surface area contributed by atoms with Gasteiger partial charge in [-0.2, -0.15) is 0 Å². The molecule has 1 aromatic heterocycles. The van der Waals surface area contributed by atoms with Crippen LogP contribution in [0.2, 0.25) is 0 Å². The number of nitrogens with one attached hydrogen (secondary N) is 1. The Bertz CT molecular complexity index is 889. The summed E-state index contributed by atoms with van der Waals surface area (Å²) in [6.07, 6.45) is 1.56. The minimum absolute atomic E-state index is 0.325. The maximum absolute atomic E-state index is 13.2. The third-order valence-electron chi connectivity index (χ3n) is 3.60. The van der Waals surface area contributed by atoms with Gasteiger partial charge in [0.2, 0.25) is 11.8 Å². The second kappa shape index (κ2) is 6.54. The second-order valence-corrected chi connectivity index (χ2v) is 5.38. The summed E-state index contributed by atoms with van der Waals surface area (Å²) in [6, 6.07) is 11.4. The minimum atomic E-state index is -0.452. The molecule has 122 valence electrons. The molecule has 0 radical (unpaired) electrons. The summed E-state index contributed by atoms with van der Waals surface area (Å²) in [5.41, 5.74) is 8.03. The molecule has 0 bridgehead atoms. The normalized spacial score (nSPS) is 10.6. The Morgan fingerprint density at radius 2 is 2.12 bits per heavy atom.